The first-order valence-corrected chi connectivity index (χ1v) is 5.28. The van der Waals surface area contributed by atoms with Crippen molar-refractivity contribution in [3.05, 3.63) is 0 Å². The summed E-state index contributed by atoms with van der Waals surface area (Å²) in [5, 5.41) is 8.91. The number of carboxylic acid groups (broad SMARTS) is 1. The fourth-order valence-electron chi connectivity index (χ4n) is 2.20. The number of aliphatic carboxylic acids is 1. The lowest BCUT2D eigenvalue weighted by Gasteiger charge is -2.49. The molecule has 4 heteroatoms. The number of esters is 1. The highest BCUT2D eigenvalue weighted by molar-refractivity contribution is 5.74. The SMILES string of the molecule is CCOC(=O)CC1CC(C(=O)O)C1(C)C. The molecule has 0 aliphatic heterocycles. The van der Waals surface area contributed by atoms with Crippen molar-refractivity contribution in [3.8, 4) is 0 Å². The van der Waals surface area contributed by atoms with E-state index in [4.69, 9.17) is 9.84 Å². The second kappa shape index (κ2) is 4.21. The molecule has 0 spiro atoms. The highest BCUT2D eigenvalue weighted by Crippen LogP contribution is 2.52. The van der Waals surface area contributed by atoms with Crippen LogP contribution >= 0.6 is 0 Å². The number of hydrogen-bond acceptors (Lipinski definition) is 3. The second-order valence-electron chi connectivity index (χ2n) is 4.65. The molecule has 15 heavy (non-hydrogen) atoms. The minimum absolute atomic E-state index is 0.137. The summed E-state index contributed by atoms with van der Waals surface area (Å²) >= 11 is 0. The van der Waals surface area contributed by atoms with Crippen molar-refractivity contribution in [2.45, 2.75) is 33.6 Å². The Kier molecular flexibility index (Phi) is 3.37. The Balaban J connectivity index is 2.48. The van der Waals surface area contributed by atoms with Crippen LogP contribution in [0.5, 0.6) is 0 Å². The first-order chi connectivity index (χ1) is 6.89. The van der Waals surface area contributed by atoms with Gasteiger partial charge in [0.1, 0.15) is 0 Å². The van der Waals surface area contributed by atoms with Crippen molar-refractivity contribution < 1.29 is 19.4 Å². The summed E-state index contributed by atoms with van der Waals surface area (Å²) < 4.78 is 4.85. The summed E-state index contributed by atoms with van der Waals surface area (Å²) in [5.41, 5.74) is -0.293. The molecule has 1 aliphatic rings. The summed E-state index contributed by atoms with van der Waals surface area (Å²) in [4.78, 5) is 22.1. The van der Waals surface area contributed by atoms with E-state index in [9.17, 15) is 9.59 Å². The molecule has 86 valence electrons. The smallest absolute Gasteiger partial charge is 0.307 e. The van der Waals surface area contributed by atoms with E-state index < -0.39 is 5.97 Å². The predicted octanol–water partition coefficient (Wildman–Crippen LogP) is 1.69. The molecular weight excluding hydrogens is 196 g/mol. The van der Waals surface area contributed by atoms with Crippen LogP contribution in [0.4, 0.5) is 0 Å². The van der Waals surface area contributed by atoms with Gasteiger partial charge in [0.15, 0.2) is 0 Å². The van der Waals surface area contributed by atoms with E-state index in [1.165, 1.54) is 0 Å². The third-order valence-corrected chi connectivity index (χ3v) is 3.49. The zero-order chi connectivity index (χ0) is 11.6. The Morgan fingerprint density at radius 3 is 2.47 bits per heavy atom. The van der Waals surface area contributed by atoms with E-state index in [1.54, 1.807) is 6.92 Å². The predicted molar refractivity (Wildman–Crippen MR) is 54.3 cm³/mol. The Morgan fingerprint density at radius 1 is 1.47 bits per heavy atom. The topological polar surface area (TPSA) is 63.6 Å². The van der Waals surface area contributed by atoms with Crippen molar-refractivity contribution in [2.75, 3.05) is 6.61 Å². The van der Waals surface area contributed by atoms with E-state index in [-0.39, 0.29) is 23.2 Å². The van der Waals surface area contributed by atoms with Gasteiger partial charge >= 0.3 is 11.9 Å². The largest absolute Gasteiger partial charge is 0.481 e. The number of carbonyl (C=O) groups excluding carboxylic acids is 1. The van der Waals surface area contributed by atoms with Crippen LogP contribution in [0.1, 0.15) is 33.6 Å². The summed E-state index contributed by atoms with van der Waals surface area (Å²) in [6.07, 6.45) is 0.922. The average Bonchev–Trinajstić information content (AvgIpc) is 2.11. The van der Waals surface area contributed by atoms with Gasteiger partial charge in [-0.1, -0.05) is 13.8 Å². The van der Waals surface area contributed by atoms with Crippen LogP contribution in [0.25, 0.3) is 0 Å². The van der Waals surface area contributed by atoms with Crippen LogP contribution < -0.4 is 0 Å². The van der Waals surface area contributed by atoms with Crippen LogP contribution in [0.15, 0.2) is 0 Å². The third kappa shape index (κ3) is 2.30. The molecule has 0 bridgehead atoms. The number of carboxylic acids is 1. The maximum Gasteiger partial charge on any atom is 0.307 e. The Labute approximate surface area is 89.6 Å². The summed E-state index contributed by atoms with van der Waals surface area (Å²) in [5.74, 6) is -1.17. The lowest BCUT2D eigenvalue weighted by atomic mass is 9.54. The zero-order valence-electron chi connectivity index (χ0n) is 9.45. The van der Waals surface area contributed by atoms with E-state index in [1.807, 2.05) is 13.8 Å². The van der Waals surface area contributed by atoms with Crippen LogP contribution in [-0.4, -0.2) is 23.7 Å². The monoisotopic (exact) mass is 214 g/mol. The van der Waals surface area contributed by atoms with Gasteiger partial charge in [0.25, 0.3) is 0 Å². The molecule has 0 aromatic rings. The quantitative estimate of drug-likeness (QED) is 0.723. The van der Waals surface area contributed by atoms with Crippen LogP contribution in [0.2, 0.25) is 0 Å². The highest BCUT2D eigenvalue weighted by atomic mass is 16.5. The molecular formula is C11H18O4. The van der Waals surface area contributed by atoms with Crippen molar-refractivity contribution in [3.63, 3.8) is 0 Å². The van der Waals surface area contributed by atoms with Gasteiger partial charge < -0.3 is 9.84 Å². The van der Waals surface area contributed by atoms with E-state index >= 15 is 0 Å². The van der Waals surface area contributed by atoms with E-state index in [0.717, 1.165) is 0 Å². The van der Waals surface area contributed by atoms with Gasteiger partial charge in [-0.15, -0.1) is 0 Å². The fraction of sp³-hybridized carbons (Fsp3) is 0.818. The fourth-order valence-corrected chi connectivity index (χ4v) is 2.20. The molecule has 1 aliphatic carbocycles. The van der Waals surface area contributed by atoms with Gasteiger partial charge in [0, 0.05) is 6.42 Å². The summed E-state index contributed by atoms with van der Waals surface area (Å²) in [7, 11) is 0. The molecule has 1 N–H and O–H groups in total. The minimum atomic E-state index is -0.764. The Morgan fingerprint density at radius 2 is 2.07 bits per heavy atom. The second-order valence-corrected chi connectivity index (χ2v) is 4.65. The molecule has 0 heterocycles. The third-order valence-electron chi connectivity index (χ3n) is 3.49. The molecule has 2 unspecified atom stereocenters. The molecule has 0 aromatic heterocycles. The molecule has 2 atom stereocenters. The van der Waals surface area contributed by atoms with Crippen LogP contribution in [0, 0.1) is 17.3 Å². The summed E-state index contributed by atoms with van der Waals surface area (Å²) in [6, 6.07) is 0. The highest BCUT2D eigenvalue weighted by Gasteiger charge is 2.52. The molecule has 4 nitrogen and oxygen atoms in total. The molecule has 1 fully saturated rings. The number of hydrogen-bond donors (Lipinski definition) is 1. The molecule has 0 amide bonds. The van der Waals surface area contributed by atoms with Gasteiger partial charge in [-0.3, -0.25) is 9.59 Å². The standard InChI is InChI=1S/C11H18O4/c1-4-15-9(12)6-7-5-8(10(13)14)11(7,2)3/h7-8H,4-6H2,1-3H3,(H,13,14). The lowest BCUT2D eigenvalue weighted by Crippen LogP contribution is -2.49. The van der Waals surface area contributed by atoms with Gasteiger partial charge in [-0.25, -0.2) is 0 Å². The molecule has 1 rings (SSSR count). The Hall–Kier alpha value is -1.06. The van der Waals surface area contributed by atoms with E-state index in [0.29, 0.717) is 19.4 Å². The maximum absolute atomic E-state index is 11.2. The molecule has 0 saturated heterocycles. The lowest BCUT2D eigenvalue weighted by molar-refractivity contribution is -0.164. The maximum atomic E-state index is 11.2. The first-order valence-electron chi connectivity index (χ1n) is 5.28. The molecule has 1 saturated carbocycles. The van der Waals surface area contributed by atoms with Crippen molar-refractivity contribution in [1.29, 1.82) is 0 Å². The Bertz CT molecular complexity index is 270. The first kappa shape index (κ1) is 12.0. The van der Waals surface area contributed by atoms with Crippen molar-refractivity contribution >= 4 is 11.9 Å². The van der Waals surface area contributed by atoms with Crippen molar-refractivity contribution in [1.82, 2.24) is 0 Å². The normalized spacial score (nSPS) is 27.9. The molecule has 0 radical (unpaired) electrons. The number of rotatable bonds is 4. The van der Waals surface area contributed by atoms with Crippen LogP contribution in [-0.2, 0) is 14.3 Å². The molecule has 0 aromatic carbocycles. The van der Waals surface area contributed by atoms with Crippen molar-refractivity contribution in [2.24, 2.45) is 17.3 Å². The summed E-state index contributed by atoms with van der Waals surface area (Å²) in [6.45, 7) is 5.95. The number of ether oxygens (including phenoxy) is 1. The zero-order valence-corrected chi connectivity index (χ0v) is 9.45. The van der Waals surface area contributed by atoms with Crippen LogP contribution in [0.3, 0.4) is 0 Å². The van der Waals surface area contributed by atoms with Gasteiger partial charge in [0.05, 0.1) is 12.5 Å². The van der Waals surface area contributed by atoms with Gasteiger partial charge in [-0.05, 0) is 24.7 Å². The average molecular weight is 214 g/mol. The minimum Gasteiger partial charge on any atom is -0.481 e. The number of carbonyl (C=O) groups is 2. The van der Waals surface area contributed by atoms with E-state index in [2.05, 4.69) is 0 Å². The van der Waals surface area contributed by atoms with Gasteiger partial charge in [0.2, 0.25) is 0 Å². The van der Waals surface area contributed by atoms with Gasteiger partial charge in [-0.2, -0.15) is 0 Å².